The molecule has 1 aliphatic heterocycles. The molecule has 0 saturated carbocycles. The van der Waals surface area contributed by atoms with E-state index in [0.717, 1.165) is 26.3 Å². The molecule has 1 rings (SSSR count). The maximum atomic E-state index is 5.63. The molecule has 0 amide bonds. The molecule has 3 nitrogen and oxygen atoms in total. The van der Waals surface area contributed by atoms with Crippen LogP contribution >= 0.6 is 11.8 Å². The topological polar surface area (TPSA) is 24.5 Å². The van der Waals surface area contributed by atoms with Crippen LogP contribution in [-0.2, 0) is 4.74 Å². The first-order valence-corrected chi connectivity index (χ1v) is 8.16. The number of hydrogen-bond acceptors (Lipinski definition) is 4. The summed E-state index contributed by atoms with van der Waals surface area (Å²) in [4.78, 5) is 2.44. The molecule has 17 heavy (non-hydrogen) atoms. The predicted octanol–water partition coefficient (Wildman–Crippen LogP) is 1.69. The average Bonchev–Trinajstić information content (AvgIpc) is 2.35. The lowest BCUT2D eigenvalue weighted by atomic mass is 9.95. The summed E-state index contributed by atoms with van der Waals surface area (Å²) in [6.07, 6.45) is 4.55. The van der Waals surface area contributed by atoms with Crippen molar-refractivity contribution >= 4 is 11.8 Å². The fraction of sp³-hybridized carbons (Fsp3) is 1.00. The highest BCUT2D eigenvalue weighted by atomic mass is 32.2. The molecule has 1 heterocycles. The Kier molecular flexibility index (Phi) is 8.27. The molecule has 0 aromatic rings. The van der Waals surface area contributed by atoms with Gasteiger partial charge in [-0.1, -0.05) is 6.92 Å². The Labute approximate surface area is 111 Å². The van der Waals surface area contributed by atoms with Gasteiger partial charge in [0, 0.05) is 37.4 Å². The molecule has 102 valence electrons. The van der Waals surface area contributed by atoms with Crippen LogP contribution in [-0.4, -0.2) is 62.8 Å². The summed E-state index contributed by atoms with van der Waals surface area (Å²) >= 11 is 1.92. The zero-order valence-corrected chi connectivity index (χ0v) is 12.4. The van der Waals surface area contributed by atoms with Crippen LogP contribution in [0.4, 0.5) is 0 Å². The summed E-state index contributed by atoms with van der Waals surface area (Å²) in [5.41, 5.74) is 0. The number of nitrogens with zero attached hydrogens (tertiary/aromatic N) is 1. The van der Waals surface area contributed by atoms with Crippen LogP contribution in [0.15, 0.2) is 0 Å². The molecule has 2 atom stereocenters. The van der Waals surface area contributed by atoms with Crippen molar-refractivity contribution in [3.63, 3.8) is 0 Å². The zero-order chi connectivity index (χ0) is 12.5. The molecule has 1 fully saturated rings. The van der Waals surface area contributed by atoms with E-state index in [2.05, 4.69) is 30.4 Å². The minimum atomic E-state index is 0.653. The maximum Gasteiger partial charge on any atom is 0.0521 e. The van der Waals surface area contributed by atoms with Crippen molar-refractivity contribution in [3.8, 4) is 0 Å². The molecule has 0 radical (unpaired) electrons. The molecule has 4 heteroatoms. The van der Waals surface area contributed by atoms with Gasteiger partial charge in [-0.2, -0.15) is 11.8 Å². The van der Waals surface area contributed by atoms with E-state index >= 15 is 0 Å². The van der Waals surface area contributed by atoms with E-state index in [1.807, 2.05) is 11.8 Å². The number of hydrogen-bond donors (Lipinski definition) is 1. The van der Waals surface area contributed by atoms with Crippen molar-refractivity contribution in [1.29, 1.82) is 0 Å². The van der Waals surface area contributed by atoms with Gasteiger partial charge in [0.05, 0.1) is 6.61 Å². The van der Waals surface area contributed by atoms with Crippen LogP contribution in [0, 0.1) is 5.92 Å². The summed E-state index contributed by atoms with van der Waals surface area (Å²) in [7, 11) is 2.22. The molecule has 1 aliphatic rings. The van der Waals surface area contributed by atoms with Gasteiger partial charge in [0.2, 0.25) is 0 Å². The fourth-order valence-electron chi connectivity index (χ4n) is 2.31. The summed E-state index contributed by atoms with van der Waals surface area (Å²) in [6.45, 7) is 7.54. The van der Waals surface area contributed by atoms with E-state index in [1.165, 1.54) is 25.1 Å². The third-order valence-electron chi connectivity index (χ3n) is 3.35. The molecule has 0 bridgehead atoms. The molecule has 1 N–H and O–H groups in total. The van der Waals surface area contributed by atoms with Crippen LogP contribution in [0.3, 0.4) is 0 Å². The molecular weight excluding hydrogens is 232 g/mol. The van der Waals surface area contributed by atoms with Crippen LogP contribution in [0.2, 0.25) is 0 Å². The van der Waals surface area contributed by atoms with Gasteiger partial charge in [0.15, 0.2) is 0 Å². The second-order valence-corrected chi connectivity index (χ2v) is 5.92. The number of nitrogens with one attached hydrogen (secondary N) is 1. The SMILES string of the molecule is CCCNC1CCOCC1CN(C)CCSC. The van der Waals surface area contributed by atoms with Crippen LogP contribution < -0.4 is 5.32 Å². The summed E-state index contributed by atoms with van der Waals surface area (Å²) < 4.78 is 5.63. The van der Waals surface area contributed by atoms with Gasteiger partial charge < -0.3 is 15.0 Å². The zero-order valence-electron chi connectivity index (χ0n) is 11.6. The average molecular weight is 260 g/mol. The van der Waals surface area contributed by atoms with E-state index in [4.69, 9.17) is 4.74 Å². The fourth-order valence-corrected chi connectivity index (χ4v) is 2.81. The van der Waals surface area contributed by atoms with Crippen molar-refractivity contribution in [2.24, 2.45) is 5.92 Å². The lowest BCUT2D eigenvalue weighted by molar-refractivity contribution is 0.0205. The summed E-state index contributed by atoms with van der Waals surface area (Å²) in [5, 5.41) is 3.67. The monoisotopic (exact) mass is 260 g/mol. The van der Waals surface area contributed by atoms with Crippen molar-refractivity contribution in [3.05, 3.63) is 0 Å². The Morgan fingerprint density at radius 1 is 1.47 bits per heavy atom. The van der Waals surface area contributed by atoms with Crippen LogP contribution in [0.1, 0.15) is 19.8 Å². The maximum absolute atomic E-state index is 5.63. The van der Waals surface area contributed by atoms with Gasteiger partial charge in [-0.15, -0.1) is 0 Å². The van der Waals surface area contributed by atoms with Crippen molar-refractivity contribution in [2.75, 3.05) is 51.9 Å². The van der Waals surface area contributed by atoms with Crippen molar-refractivity contribution in [2.45, 2.75) is 25.8 Å². The van der Waals surface area contributed by atoms with Gasteiger partial charge in [0.1, 0.15) is 0 Å². The second-order valence-electron chi connectivity index (χ2n) is 4.94. The Hall–Kier alpha value is 0.230. The molecule has 0 aliphatic carbocycles. The Morgan fingerprint density at radius 2 is 2.29 bits per heavy atom. The van der Waals surface area contributed by atoms with E-state index < -0.39 is 0 Å². The highest BCUT2D eigenvalue weighted by molar-refractivity contribution is 7.98. The van der Waals surface area contributed by atoms with Gasteiger partial charge in [-0.25, -0.2) is 0 Å². The first-order chi connectivity index (χ1) is 8.27. The minimum absolute atomic E-state index is 0.653. The number of rotatable bonds is 8. The highest BCUT2D eigenvalue weighted by Crippen LogP contribution is 2.16. The number of thioether (sulfide) groups is 1. The molecule has 1 saturated heterocycles. The first kappa shape index (κ1) is 15.3. The van der Waals surface area contributed by atoms with E-state index in [9.17, 15) is 0 Å². The minimum Gasteiger partial charge on any atom is -0.381 e. The second kappa shape index (κ2) is 9.20. The van der Waals surface area contributed by atoms with Crippen LogP contribution in [0.5, 0.6) is 0 Å². The first-order valence-electron chi connectivity index (χ1n) is 6.76. The van der Waals surface area contributed by atoms with Gasteiger partial charge >= 0.3 is 0 Å². The van der Waals surface area contributed by atoms with E-state index in [1.54, 1.807) is 0 Å². The largest absolute Gasteiger partial charge is 0.381 e. The van der Waals surface area contributed by atoms with Gasteiger partial charge in [0.25, 0.3) is 0 Å². The Bertz CT molecular complexity index is 192. The third kappa shape index (κ3) is 6.09. The highest BCUT2D eigenvalue weighted by Gasteiger charge is 2.25. The lowest BCUT2D eigenvalue weighted by Gasteiger charge is -2.34. The molecular formula is C13H28N2OS. The lowest BCUT2D eigenvalue weighted by Crippen LogP contribution is -2.47. The van der Waals surface area contributed by atoms with E-state index in [-0.39, 0.29) is 0 Å². The van der Waals surface area contributed by atoms with E-state index in [0.29, 0.717) is 12.0 Å². The standard InChI is InChI=1S/C13H28N2OS/c1-4-6-14-13-5-8-16-11-12(13)10-15(2)7-9-17-3/h12-14H,4-11H2,1-3H3. The quantitative estimate of drug-likeness (QED) is 0.718. The molecule has 0 spiro atoms. The van der Waals surface area contributed by atoms with Gasteiger partial charge in [-0.05, 0) is 32.7 Å². The Morgan fingerprint density at radius 3 is 3.00 bits per heavy atom. The van der Waals surface area contributed by atoms with Crippen LogP contribution in [0.25, 0.3) is 0 Å². The summed E-state index contributed by atoms with van der Waals surface area (Å²) in [5.74, 6) is 1.87. The van der Waals surface area contributed by atoms with Crippen molar-refractivity contribution < 1.29 is 4.74 Å². The summed E-state index contributed by atoms with van der Waals surface area (Å²) in [6, 6.07) is 0.653. The predicted molar refractivity (Wildman–Crippen MR) is 76.9 cm³/mol. The normalized spacial score (nSPS) is 25.4. The number of ether oxygens (including phenoxy) is 1. The molecule has 2 unspecified atom stereocenters. The van der Waals surface area contributed by atoms with Gasteiger partial charge in [-0.3, -0.25) is 0 Å². The third-order valence-corrected chi connectivity index (χ3v) is 3.94. The molecule has 0 aromatic carbocycles. The van der Waals surface area contributed by atoms with Crippen molar-refractivity contribution in [1.82, 2.24) is 10.2 Å². The smallest absolute Gasteiger partial charge is 0.0521 e. The molecule has 0 aromatic heterocycles. The Balaban J connectivity index is 2.30.